The zero-order valence-electron chi connectivity index (χ0n) is 13.9. The lowest BCUT2D eigenvalue weighted by atomic mass is 9.86. The number of hydrogen-bond donors (Lipinski definition) is 2. The van der Waals surface area contributed by atoms with Gasteiger partial charge in [-0.15, -0.1) is 0 Å². The monoisotopic (exact) mass is 312 g/mol. The third-order valence-electron chi connectivity index (χ3n) is 4.15. The molecule has 1 aromatic carbocycles. The minimum absolute atomic E-state index is 0.284. The quantitative estimate of drug-likeness (QED) is 0.793. The van der Waals surface area contributed by atoms with Gasteiger partial charge in [0.2, 0.25) is 10.0 Å². The first-order valence-electron chi connectivity index (χ1n) is 7.42. The van der Waals surface area contributed by atoms with Crippen molar-refractivity contribution >= 4 is 15.7 Å². The molecular weight excluding hydrogens is 284 g/mol. The summed E-state index contributed by atoms with van der Waals surface area (Å²) in [5.41, 5.74) is 7.90. The van der Waals surface area contributed by atoms with Gasteiger partial charge in [0.1, 0.15) is 0 Å². The fourth-order valence-corrected chi connectivity index (χ4v) is 4.08. The predicted molar refractivity (Wildman–Crippen MR) is 88.7 cm³/mol. The number of nitrogens with one attached hydrogen (secondary N) is 1. The van der Waals surface area contributed by atoms with Crippen molar-refractivity contribution in [2.75, 3.05) is 12.3 Å². The van der Waals surface area contributed by atoms with Crippen LogP contribution in [0.25, 0.3) is 0 Å². The average molecular weight is 312 g/mol. The standard InChI is InChI=1S/C16H28N2O2S/c1-10(2)15(11(3)4)9-18-21(19,20)16-8-14(17)7-12(5)13(16)6/h7-8,10-11,15,18H,9,17H2,1-6H3. The van der Waals surface area contributed by atoms with Crippen LogP contribution in [0.3, 0.4) is 0 Å². The van der Waals surface area contributed by atoms with Crippen molar-refractivity contribution < 1.29 is 8.42 Å². The Morgan fingerprint density at radius 3 is 2.10 bits per heavy atom. The van der Waals surface area contributed by atoms with E-state index >= 15 is 0 Å². The molecule has 0 radical (unpaired) electrons. The molecule has 1 aromatic rings. The Labute approximate surface area is 129 Å². The molecule has 0 atom stereocenters. The summed E-state index contributed by atoms with van der Waals surface area (Å²) < 4.78 is 27.8. The van der Waals surface area contributed by atoms with E-state index < -0.39 is 10.0 Å². The molecule has 3 N–H and O–H groups in total. The van der Waals surface area contributed by atoms with Crippen LogP contribution in [-0.2, 0) is 10.0 Å². The first kappa shape index (κ1) is 18.0. The first-order valence-corrected chi connectivity index (χ1v) is 8.91. The van der Waals surface area contributed by atoms with Crippen LogP contribution in [0, 0.1) is 31.6 Å². The summed E-state index contributed by atoms with van der Waals surface area (Å²) in [5.74, 6) is 1.16. The molecule has 0 amide bonds. The lowest BCUT2D eigenvalue weighted by molar-refractivity contribution is 0.289. The molecule has 0 spiro atoms. The van der Waals surface area contributed by atoms with Crippen molar-refractivity contribution in [2.45, 2.75) is 46.4 Å². The highest BCUT2D eigenvalue weighted by molar-refractivity contribution is 7.89. The summed E-state index contributed by atoms with van der Waals surface area (Å²) in [7, 11) is -3.53. The molecule has 0 heterocycles. The van der Waals surface area contributed by atoms with Crippen LogP contribution in [0.1, 0.15) is 38.8 Å². The lowest BCUT2D eigenvalue weighted by Gasteiger charge is -2.25. The van der Waals surface area contributed by atoms with Gasteiger partial charge < -0.3 is 5.73 Å². The van der Waals surface area contributed by atoms with E-state index in [9.17, 15) is 8.42 Å². The molecule has 0 aliphatic rings. The van der Waals surface area contributed by atoms with Gasteiger partial charge in [-0.25, -0.2) is 13.1 Å². The number of anilines is 1. The number of hydrogen-bond acceptors (Lipinski definition) is 3. The molecule has 0 fully saturated rings. The Bertz CT molecular complexity index is 585. The number of sulfonamides is 1. The van der Waals surface area contributed by atoms with E-state index in [1.807, 2.05) is 13.8 Å². The third kappa shape index (κ3) is 4.45. The van der Waals surface area contributed by atoms with Gasteiger partial charge in [-0.3, -0.25) is 0 Å². The van der Waals surface area contributed by atoms with Crippen LogP contribution in [0.2, 0.25) is 0 Å². The number of rotatable bonds is 6. The van der Waals surface area contributed by atoms with Crippen molar-refractivity contribution in [3.63, 3.8) is 0 Å². The third-order valence-corrected chi connectivity index (χ3v) is 5.70. The maximum Gasteiger partial charge on any atom is 0.240 e. The summed E-state index contributed by atoms with van der Waals surface area (Å²) >= 11 is 0. The van der Waals surface area contributed by atoms with E-state index in [2.05, 4.69) is 32.4 Å². The van der Waals surface area contributed by atoms with Crippen molar-refractivity contribution in [1.29, 1.82) is 0 Å². The molecule has 0 bridgehead atoms. The van der Waals surface area contributed by atoms with Crippen LogP contribution in [0.15, 0.2) is 17.0 Å². The van der Waals surface area contributed by atoms with E-state index in [0.29, 0.717) is 30.0 Å². The van der Waals surface area contributed by atoms with Gasteiger partial charge >= 0.3 is 0 Å². The first-order chi connectivity index (χ1) is 9.56. The highest BCUT2D eigenvalue weighted by atomic mass is 32.2. The minimum Gasteiger partial charge on any atom is -0.399 e. The SMILES string of the molecule is Cc1cc(N)cc(S(=O)(=O)NCC(C(C)C)C(C)C)c1C. The van der Waals surface area contributed by atoms with Crippen LogP contribution in [0.5, 0.6) is 0 Å². The van der Waals surface area contributed by atoms with Gasteiger partial charge in [0.15, 0.2) is 0 Å². The van der Waals surface area contributed by atoms with Gasteiger partial charge in [0.05, 0.1) is 4.90 Å². The summed E-state index contributed by atoms with van der Waals surface area (Å²) in [4.78, 5) is 0.284. The molecule has 120 valence electrons. The van der Waals surface area contributed by atoms with Gasteiger partial charge in [-0.05, 0) is 54.9 Å². The predicted octanol–water partition coefficient (Wildman–Crippen LogP) is 3.09. The Hall–Kier alpha value is -1.07. The number of nitrogen functional groups attached to an aromatic ring is 1. The molecular formula is C16H28N2O2S. The Morgan fingerprint density at radius 1 is 1.10 bits per heavy atom. The molecule has 1 rings (SSSR count). The van der Waals surface area contributed by atoms with E-state index in [-0.39, 0.29) is 4.90 Å². The summed E-state index contributed by atoms with van der Waals surface area (Å²) in [6.45, 7) is 12.6. The zero-order chi connectivity index (χ0) is 16.4. The number of aryl methyl sites for hydroxylation is 1. The van der Waals surface area contributed by atoms with Crippen LogP contribution < -0.4 is 10.5 Å². The van der Waals surface area contributed by atoms with E-state index in [1.165, 1.54) is 6.07 Å². The fraction of sp³-hybridized carbons (Fsp3) is 0.625. The molecule has 4 nitrogen and oxygen atoms in total. The Balaban J connectivity index is 3.03. The largest absolute Gasteiger partial charge is 0.399 e. The molecule has 0 unspecified atom stereocenters. The second-order valence-corrected chi connectivity index (χ2v) is 8.20. The molecule has 0 saturated heterocycles. The van der Waals surface area contributed by atoms with E-state index in [1.54, 1.807) is 6.07 Å². The van der Waals surface area contributed by atoms with Gasteiger partial charge in [-0.2, -0.15) is 0 Å². The highest BCUT2D eigenvalue weighted by Crippen LogP contribution is 2.24. The van der Waals surface area contributed by atoms with Crippen LogP contribution in [-0.4, -0.2) is 15.0 Å². The smallest absolute Gasteiger partial charge is 0.240 e. The van der Waals surface area contributed by atoms with Gasteiger partial charge in [-0.1, -0.05) is 27.7 Å². The summed E-state index contributed by atoms with van der Waals surface area (Å²) in [6.07, 6.45) is 0. The molecule has 0 aliphatic carbocycles. The van der Waals surface area contributed by atoms with E-state index in [0.717, 1.165) is 11.1 Å². The molecule has 21 heavy (non-hydrogen) atoms. The molecule has 0 saturated carbocycles. The Morgan fingerprint density at radius 2 is 1.62 bits per heavy atom. The lowest BCUT2D eigenvalue weighted by Crippen LogP contribution is -2.34. The normalized spacial score (nSPS) is 12.6. The van der Waals surface area contributed by atoms with Crippen molar-refractivity contribution in [2.24, 2.45) is 17.8 Å². The van der Waals surface area contributed by atoms with Gasteiger partial charge in [0.25, 0.3) is 0 Å². The fourth-order valence-electron chi connectivity index (χ4n) is 2.66. The van der Waals surface area contributed by atoms with Crippen molar-refractivity contribution in [1.82, 2.24) is 4.72 Å². The Kier molecular flexibility index (Phi) is 5.82. The second kappa shape index (κ2) is 6.79. The van der Waals surface area contributed by atoms with Gasteiger partial charge in [0, 0.05) is 12.2 Å². The molecule has 0 aromatic heterocycles. The second-order valence-electron chi connectivity index (χ2n) is 6.46. The summed E-state index contributed by atoms with van der Waals surface area (Å²) in [6, 6.07) is 3.32. The number of benzene rings is 1. The van der Waals surface area contributed by atoms with Crippen molar-refractivity contribution in [3.05, 3.63) is 23.3 Å². The summed E-state index contributed by atoms with van der Waals surface area (Å²) in [5, 5.41) is 0. The molecule has 5 heteroatoms. The minimum atomic E-state index is -3.53. The topological polar surface area (TPSA) is 72.2 Å². The van der Waals surface area contributed by atoms with Crippen LogP contribution in [0.4, 0.5) is 5.69 Å². The average Bonchev–Trinajstić information content (AvgIpc) is 2.32. The van der Waals surface area contributed by atoms with Crippen molar-refractivity contribution in [3.8, 4) is 0 Å². The maximum atomic E-state index is 12.5. The zero-order valence-corrected chi connectivity index (χ0v) is 14.7. The maximum absolute atomic E-state index is 12.5. The highest BCUT2D eigenvalue weighted by Gasteiger charge is 2.23. The van der Waals surface area contributed by atoms with Crippen LogP contribution >= 0.6 is 0 Å². The number of nitrogens with two attached hydrogens (primary N) is 1. The van der Waals surface area contributed by atoms with E-state index in [4.69, 9.17) is 5.73 Å². The molecule has 0 aliphatic heterocycles.